The third-order valence-corrected chi connectivity index (χ3v) is 8.94. The lowest BCUT2D eigenvalue weighted by atomic mass is 9.77. The highest BCUT2D eigenvalue weighted by Gasteiger charge is 2.41. The van der Waals surface area contributed by atoms with E-state index in [1.54, 1.807) is 13.8 Å². The summed E-state index contributed by atoms with van der Waals surface area (Å²) in [7, 11) is -3.69. The minimum atomic E-state index is -3.69. The van der Waals surface area contributed by atoms with E-state index >= 15 is 0 Å². The van der Waals surface area contributed by atoms with Gasteiger partial charge in [-0.2, -0.15) is 4.31 Å². The third-order valence-electron chi connectivity index (χ3n) is 6.83. The van der Waals surface area contributed by atoms with Crippen LogP contribution in [0.1, 0.15) is 62.8 Å². The van der Waals surface area contributed by atoms with E-state index in [2.05, 4.69) is 10.1 Å². The Morgan fingerprint density at radius 2 is 1.75 bits per heavy atom. The first-order valence-corrected chi connectivity index (χ1v) is 12.1. The van der Waals surface area contributed by atoms with Gasteiger partial charge in [0, 0.05) is 25.7 Å². The largest absolute Gasteiger partial charge is 0.360 e. The number of rotatable bonds is 3. The fourth-order valence-corrected chi connectivity index (χ4v) is 7.28. The minimum Gasteiger partial charge on any atom is -0.360 e. The molecule has 156 valence electrons. The summed E-state index contributed by atoms with van der Waals surface area (Å²) in [4.78, 5) is 15.6. The zero-order valence-corrected chi connectivity index (χ0v) is 17.7. The molecule has 3 unspecified atom stereocenters. The molecule has 0 radical (unpaired) electrons. The highest BCUT2D eigenvalue weighted by atomic mass is 32.2. The van der Waals surface area contributed by atoms with Gasteiger partial charge in [-0.1, -0.05) is 18.0 Å². The Balaban J connectivity index is 1.51. The molecule has 0 N–H and O–H groups in total. The first-order valence-electron chi connectivity index (χ1n) is 10.6. The molecule has 1 aromatic heterocycles. The van der Waals surface area contributed by atoms with E-state index in [-0.39, 0.29) is 23.3 Å². The van der Waals surface area contributed by atoms with E-state index in [4.69, 9.17) is 4.52 Å². The summed E-state index contributed by atoms with van der Waals surface area (Å²) in [6, 6.07) is 0.365. The fourth-order valence-electron chi connectivity index (χ4n) is 5.47. The van der Waals surface area contributed by atoms with Crippen molar-refractivity contribution in [1.29, 1.82) is 0 Å². The van der Waals surface area contributed by atoms with E-state index < -0.39 is 10.0 Å². The van der Waals surface area contributed by atoms with E-state index in [0.29, 0.717) is 36.4 Å². The number of hydrogen-bond acceptors (Lipinski definition) is 5. The quantitative estimate of drug-likeness (QED) is 0.766. The van der Waals surface area contributed by atoms with Crippen LogP contribution >= 0.6 is 0 Å². The number of carbonyl (C=O) groups excluding carboxylic acids is 1. The number of aromatic nitrogens is 1. The van der Waals surface area contributed by atoms with Crippen molar-refractivity contribution in [3.05, 3.63) is 11.5 Å². The Kier molecular flexibility index (Phi) is 5.53. The van der Waals surface area contributed by atoms with Crippen molar-refractivity contribution in [2.75, 3.05) is 19.6 Å². The topological polar surface area (TPSA) is 83.7 Å². The number of piperidine rings is 2. The normalized spacial score (nSPS) is 29.5. The van der Waals surface area contributed by atoms with Gasteiger partial charge in [-0.3, -0.25) is 4.79 Å². The maximum Gasteiger partial charge on any atom is 0.248 e. The van der Waals surface area contributed by atoms with Crippen molar-refractivity contribution in [2.24, 2.45) is 11.8 Å². The predicted molar refractivity (Wildman–Crippen MR) is 104 cm³/mol. The summed E-state index contributed by atoms with van der Waals surface area (Å²) in [6.07, 6.45) is 8.57. The molecule has 3 heterocycles. The van der Waals surface area contributed by atoms with Crippen molar-refractivity contribution in [3.8, 4) is 0 Å². The molecule has 1 amide bonds. The van der Waals surface area contributed by atoms with E-state index in [1.807, 2.05) is 0 Å². The zero-order chi connectivity index (χ0) is 19.9. The van der Waals surface area contributed by atoms with Gasteiger partial charge in [0.05, 0.1) is 5.92 Å². The number of amides is 1. The lowest BCUT2D eigenvalue weighted by Crippen LogP contribution is -2.54. The first kappa shape index (κ1) is 19.9. The van der Waals surface area contributed by atoms with Crippen LogP contribution in [0.4, 0.5) is 0 Å². The summed E-state index contributed by atoms with van der Waals surface area (Å²) in [6.45, 7) is 4.80. The second-order valence-electron chi connectivity index (χ2n) is 8.64. The number of aryl methyl sites for hydroxylation is 2. The molecule has 2 saturated heterocycles. The Bertz CT molecular complexity index is 813. The van der Waals surface area contributed by atoms with Crippen LogP contribution in [0.3, 0.4) is 0 Å². The molecule has 3 fully saturated rings. The van der Waals surface area contributed by atoms with Gasteiger partial charge >= 0.3 is 0 Å². The summed E-state index contributed by atoms with van der Waals surface area (Å²) in [5.41, 5.74) is 0.382. The number of carbonyl (C=O) groups is 1. The molecule has 0 bridgehead atoms. The second-order valence-corrected chi connectivity index (χ2v) is 10.5. The van der Waals surface area contributed by atoms with Crippen LogP contribution in [0.5, 0.6) is 0 Å². The second kappa shape index (κ2) is 7.78. The molecule has 8 heteroatoms. The minimum absolute atomic E-state index is 0.158. The molecule has 1 aliphatic carbocycles. The summed E-state index contributed by atoms with van der Waals surface area (Å²) in [5, 5.41) is 3.79. The molecule has 0 spiro atoms. The highest BCUT2D eigenvalue weighted by Crippen LogP contribution is 2.37. The Labute approximate surface area is 167 Å². The van der Waals surface area contributed by atoms with Crippen molar-refractivity contribution in [2.45, 2.75) is 76.2 Å². The fraction of sp³-hybridized carbons (Fsp3) is 0.800. The monoisotopic (exact) mass is 409 g/mol. The summed E-state index contributed by atoms with van der Waals surface area (Å²) in [5.74, 6) is 0.865. The number of sulfonamides is 1. The van der Waals surface area contributed by atoms with Crippen LogP contribution in [0.25, 0.3) is 0 Å². The molecule has 28 heavy (non-hydrogen) atoms. The SMILES string of the molecule is Cc1noc(C)c1S(=O)(=O)N1CCCC(C(=O)N2CCCC3CCCCC32)C1. The predicted octanol–water partition coefficient (Wildman–Crippen LogP) is 2.87. The van der Waals surface area contributed by atoms with Crippen molar-refractivity contribution in [1.82, 2.24) is 14.4 Å². The number of fused-ring (bicyclic) bond motifs is 1. The standard InChI is InChI=1S/C20H31N3O4S/c1-14-19(15(2)27-21-14)28(25,26)22-11-5-9-17(13-22)20(24)23-12-6-8-16-7-3-4-10-18(16)23/h16-18H,3-13H2,1-2H3. The molecular formula is C20H31N3O4S. The maximum atomic E-state index is 13.4. The molecule has 0 aromatic carbocycles. The van der Waals surface area contributed by atoms with Crippen LogP contribution in [0, 0.1) is 25.7 Å². The van der Waals surface area contributed by atoms with E-state index in [9.17, 15) is 13.2 Å². The van der Waals surface area contributed by atoms with Gasteiger partial charge < -0.3 is 9.42 Å². The molecule has 7 nitrogen and oxygen atoms in total. The lowest BCUT2D eigenvalue weighted by Gasteiger charge is -2.46. The van der Waals surface area contributed by atoms with Gasteiger partial charge in [0.25, 0.3) is 0 Å². The number of likely N-dealkylation sites (tertiary alicyclic amines) is 1. The lowest BCUT2D eigenvalue weighted by molar-refractivity contribution is -0.143. The number of hydrogen-bond donors (Lipinski definition) is 0. The third kappa shape index (κ3) is 3.49. The van der Waals surface area contributed by atoms with Gasteiger partial charge in [-0.15, -0.1) is 0 Å². The Morgan fingerprint density at radius 1 is 1.04 bits per heavy atom. The smallest absolute Gasteiger partial charge is 0.248 e. The van der Waals surface area contributed by atoms with Crippen molar-refractivity contribution < 1.29 is 17.7 Å². The average molecular weight is 410 g/mol. The maximum absolute atomic E-state index is 13.4. The Hall–Kier alpha value is -1.41. The van der Waals surface area contributed by atoms with Crippen LogP contribution in [0.15, 0.2) is 9.42 Å². The average Bonchev–Trinajstić information content (AvgIpc) is 3.06. The first-order chi connectivity index (χ1) is 13.4. The Morgan fingerprint density at radius 3 is 2.50 bits per heavy atom. The van der Waals surface area contributed by atoms with Crippen LogP contribution in [-0.4, -0.2) is 54.4 Å². The molecule has 3 aliphatic rings. The van der Waals surface area contributed by atoms with Crippen molar-refractivity contribution in [3.63, 3.8) is 0 Å². The van der Waals surface area contributed by atoms with E-state index in [1.165, 1.54) is 30.0 Å². The van der Waals surface area contributed by atoms with Gasteiger partial charge in [-0.25, -0.2) is 8.42 Å². The van der Waals surface area contributed by atoms with E-state index in [0.717, 1.165) is 25.8 Å². The zero-order valence-electron chi connectivity index (χ0n) is 16.9. The molecule has 1 aromatic rings. The van der Waals surface area contributed by atoms with Gasteiger partial charge in [0.2, 0.25) is 15.9 Å². The van der Waals surface area contributed by atoms with Crippen LogP contribution < -0.4 is 0 Å². The molecule has 1 saturated carbocycles. The van der Waals surface area contributed by atoms with Crippen LogP contribution in [-0.2, 0) is 14.8 Å². The molecular weight excluding hydrogens is 378 g/mol. The van der Waals surface area contributed by atoms with Gasteiger partial charge in [0.1, 0.15) is 10.6 Å². The van der Waals surface area contributed by atoms with Crippen LogP contribution in [0.2, 0.25) is 0 Å². The van der Waals surface area contributed by atoms with Crippen molar-refractivity contribution >= 4 is 15.9 Å². The molecule has 4 rings (SSSR count). The number of nitrogens with zero attached hydrogens (tertiary/aromatic N) is 3. The highest BCUT2D eigenvalue weighted by molar-refractivity contribution is 7.89. The molecule has 3 atom stereocenters. The van der Waals surface area contributed by atoms with Gasteiger partial charge in [-0.05, 0) is 58.3 Å². The van der Waals surface area contributed by atoms with Gasteiger partial charge in [0.15, 0.2) is 5.76 Å². The summed E-state index contributed by atoms with van der Waals surface area (Å²) >= 11 is 0. The molecule has 2 aliphatic heterocycles. The summed E-state index contributed by atoms with van der Waals surface area (Å²) < 4.78 is 32.9.